The van der Waals surface area contributed by atoms with Crippen LogP contribution in [0.5, 0.6) is 0 Å². The highest BCUT2D eigenvalue weighted by molar-refractivity contribution is 5.31. The number of aliphatic hydroxyl groups is 1. The van der Waals surface area contributed by atoms with Gasteiger partial charge in [0.1, 0.15) is 0 Å². The van der Waals surface area contributed by atoms with Crippen molar-refractivity contribution in [3.05, 3.63) is 29.6 Å². The van der Waals surface area contributed by atoms with E-state index in [2.05, 4.69) is 16.0 Å². The second-order valence-electron chi connectivity index (χ2n) is 6.53. The summed E-state index contributed by atoms with van der Waals surface area (Å²) in [5.41, 5.74) is 2.02. The Bertz CT molecular complexity index is 489. The Balaban J connectivity index is 1.62. The number of rotatable bonds is 1. The van der Waals surface area contributed by atoms with Gasteiger partial charge in [-0.2, -0.15) is 0 Å². The lowest BCUT2D eigenvalue weighted by Gasteiger charge is -2.44. The maximum atomic E-state index is 11.2. The molecule has 19 heavy (non-hydrogen) atoms. The van der Waals surface area contributed by atoms with Crippen LogP contribution in [0.3, 0.4) is 0 Å². The van der Waals surface area contributed by atoms with Crippen LogP contribution in [0.15, 0.2) is 18.3 Å². The van der Waals surface area contributed by atoms with Crippen LogP contribution in [0, 0.1) is 0 Å². The Kier molecular flexibility index (Phi) is 2.68. The molecule has 102 valence electrons. The molecule has 3 heteroatoms. The summed E-state index contributed by atoms with van der Waals surface area (Å²) in [4.78, 5) is 7.15. The van der Waals surface area contributed by atoms with E-state index in [9.17, 15) is 5.11 Å². The van der Waals surface area contributed by atoms with Crippen molar-refractivity contribution in [2.45, 2.75) is 56.1 Å². The molecule has 4 rings (SSSR count). The maximum Gasteiger partial charge on any atom is 0.0758 e. The minimum absolute atomic E-state index is 0.270. The molecule has 1 aromatic heterocycles. The van der Waals surface area contributed by atoms with E-state index in [-0.39, 0.29) is 5.92 Å². The van der Waals surface area contributed by atoms with Crippen LogP contribution in [-0.2, 0) is 6.42 Å². The van der Waals surface area contributed by atoms with Crippen LogP contribution >= 0.6 is 0 Å². The first-order valence-corrected chi connectivity index (χ1v) is 7.66. The zero-order chi connectivity index (χ0) is 12.9. The Morgan fingerprint density at radius 1 is 1.32 bits per heavy atom. The maximum absolute atomic E-state index is 11.2. The summed E-state index contributed by atoms with van der Waals surface area (Å²) in [5.74, 6) is 0.270. The van der Waals surface area contributed by atoms with Crippen LogP contribution in [-0.4, -0.2) is 39.7 Å². The fraction of sp³-hybridized carbons (Fsp3) is 0.688. The van der Waals surface area contributed by atoms with Crippen LogP contribution in [0.25, 0.3) is 0 Å². The molecule has 3 nitrogen and oxygen atoms in total. The van der Waals surface area contributed by atoms with Gasteiger partial charge in [-0.15, -0.1) is 0 Å². The molecular formula is C16H22N2O. The molecule has 2 saturated heterocycles. The molecule has 0 amide bonds. The van der Waals surface area contributed by atoms with Gasteiger partial charge in [-0.25, -0.2) is 0 Å². The lowest BCUT2D eigenvalue weighted by Crippen LogP contribution is -2.50. The first-order chi connectivity index (χ1) is 9.26. The van der Waals surface area contributed by atoms with Crippen molar-refractivity contribution in [1.29, 1.82) is 0 Å². The largest absolute Gasteiger partial charge is 0.389 e. The number of aromatic nitrogens is 1. The SMILES string of the molecule is OC1(C2CCc3cccnc32)CCN2CCCC2C1. The second-order valence-corrected chi connectivity index (χ2v) is 6.53. The minimum atomic E-state index is -0.509. The Hall–Kier alpha value is -0.930. The van der Waals surface area contributed by atoms with Crippen molar-refractivity contribution >= 4 is 0 Å². The molecule has 0 saturated carbocycles. The number of fused-ring (bicyclic) bond motifs is 2. The molecule has 3 aliphatic rings. The van der Waals surface area contributed by atoms with Crippen LogP contribution in [0.4, 0.5) is 0 Å². The highest BCUT2D eigenvalue weighted by Gasteiger charge is 2.47. The third kappa shape index (κ3) is 1.83. The molecule has 0 spiro atoms. The third-order valence-electron chi connectivity index (χ3n) is 5.53. The highest BCUT2D eigenvalue weighted by Crippen LogP contribution is 2.46. The van der Waals surface area contributed by atoms with Gasteiger partial charge in [-0.1, -0.05) is 6.07 Å². The third-order valence-corrected chi connectivity index (χ3v) is 5.53. The molecule has 3 heterocycles. The van der Waals surface area contributed by atoms with Gasteiger partial charge >= 0.3 is 0 Å². The summed E-state index contributed by atoms with van der Waals surface area (Å²) in [6.07, 6.45) is 8.49. The number of aryl methyl sites for hydroxylation is 1. The van der Waals surface area contributed by atoms with Gasteiger partial charge in [0.2, 0.25) is 0 Å². The Morgan fingerprint density at radius 2 is 2.26 bits per heavy atom. The van der Waals surface area contributed by atoms with Gasteiger partial charge in [0, 0.05) is 30.4 Å². The van der Waals surface area contributed by atoms with Crippen molar-refractivity contribution in [2.75, 3.05) is 13.1 Å². The van der Waals surface area contributed by atoms with Gasteiger partial charge in [0.25, 0.3) is 0 Å². The molecule has 3 atom stereocenters. The van der Waals surface area contributed by atoms with E-state index in [4.69, 9.17) is 0 Å². The molecule has 1 aliphatic carbocycles. The molecule has 3 unspecified atom stereocenters. The number of hydrogen-bond donors (Lipinski definition) is 1. The molecular weight excluding hydrogens is 236 g/mol. The standard InChI is InChI=1S/C16H22N2O/c19-16(7-10-18-9-2-4-13(18)11-16)14-6-5-12-3-1-8-17-15(12)14/h1,3,8,13-14,19H,2,4-7,9-11H2. The summed E-state index contributed by atoms with van der Waals surface area (Å²) in [7, 11) is 0. The van der Waals surface area contributed by atoms with E-state index < -0.39 is 5.60 Å². The fourth-order valence-corrected chi connectivity index (χ4v) is 4.52. The summed E-state index contributed by atoms with van der Waals surface area (Å²) < 4.78 is 0. The number of piperidine rings is 1. The first-order valence-electron chi connectivity index (χ1n) is 7.66. The Morgan fingerprint density at radius 3 is 3.21 bits per heavy atom. The van der Waals surface area contributed by atoms with Gasteiger partial charge in [0.05, 0.1) is 5.60 Å². The molecule has 1 aromatic rings. The summed E-state index contributed by atoms with van der Waals surface area (Å²) in [5, 5.41) is 11.2. The van der Waals surface area contributed by atoms with E-state index in [1.54, 1.807) is 0 Å². The summed E-state index contributed by atoms with van der Waals surface area (Å²) in [6, 6.07) is 4.81. The van der Waals surface area contributed by atoms with Crippen molar-refractivity contribution in [2.24, 2.45) is 0 Å². The summed E-state index contributed by atoms with van der Waals surface area (Å²) >= 11 is 0. The molecule has 1 N–H and O–H groups in total. The van der Waals surface area contributed by atoms with E-state index in [0.717, 1.165) is 32.2 Å². The van der Waals surface area contributed by atoms with Crippen molar-refractivity contribution in [3.63, 3.8) is 0 Å². The number of pyridine rings is 1. The predicted octanol–water partition coefficient (Wildman–Crippen LogP) is 2.10. The zero-order valence-electron chi connectivity index (χ0n) is 11.4. The monoisotopic (exact) mass is 258 g/mol. The smallest absolute Gasteiger partial charge is 0.0758 e. The van der Waals surface area contributed by atoms with E-state index in [0.29, 0.717) is 6.04 Å². The van der Waals surface area contributed by atoms with Crippen LogP contribution in [0.2, 0.25) is 0 Å². The van der Waals surface area contributed by atoms with Gasteiger partial charge < -0.3 is 10.0 Å². The highest BCUT2D eigenvalue weighted by atomic mass is 16.3. The average Bonchev–Trinajstić information content (AvgIpc) is 3.04. The first kappa shape index (κ1) is 11.9. The quantitative estimate of drug-likeness (QED) is 0.838. The molecule has 0 radical (unpaired) electrons. The van der Waals surface area contributed by atoms with Crippen LogP contribution in [0.1, 0.15) is 49.3 Å². The number of nitrogens with zero attached hydrogens (tertiary/aromatic N) is 2. The lowest BCUT2D eigenvalue weighted by atomic mass is 9.75. The van der Waals surface area contributed by atoms with Gasteiger partial charge in [-0.05, 0) is 56.7 Å². The van der Waals surface area contributed by atoms with E-state index in [1.807, 2.05) is 12.3 Å². The predicted molar refractivity (Wildman–Crippen MR) is 74.1 cm³/mol. The van der Waals surface area contributed by atoms with Crippen molar-refractivity contribution < 1.29 is 5.11 Å². The van der Waals surface area contributed by atoms with E-state index in [1.165, 1.54) is 30.6 Å². The van der Waals surface area contributed by atoms with Gasteiger partial charge in [-0.3, -0.25) is 4.98 Å². The fourth-order valence-electron chi connectivity index (χ4n) is 4.52. The van der Waals surface area contributed by atoms with E-state index >= 15 is 0 Å². The zero-order valence-corrected chi connectivity index (χ0v) is 11.4. The second kappa shape index (κ2) is 4.29. The van der Waals surface area contributed by atoms with Crippen molar-refractivity contribution in [3.8, 4) is 0 Å². The normalized spacial score (nSPS) is 38.2. The number of hydrogen-bond acceptors (Lipinski definition) is 3. The topological polar surface area (TPSA) is 36.4 Å². The average molecular weight is 258 g/mol. The lowest BCUT2D eigenvalue weighted by molar-refractivity contribution is -0.0568. The summed E-state index contributed by atoms with van der Waals surface area (Å²) in [6.45, 7) is 2.31. The molecule has 2 aliphatic heterocycles. The molecule has 0 bridgehead atoms. The molecule has 0 aromatic carbocycles. The van der Waals surface area contributed by atoms with Gasteiger partial charge in [0.15, 0.2) is 0 Å². The minimum Gasteiger partial charge on any atom is -0.389 e. The Labute approximate surface area is 114 Å². The van der Waals surface area contributed by atoms with Crippen LogP contribution < -0.4 is 0 Å². The van der Waals surface area contributed by atoms with Crippen molar-refractivity contribution in [1.82, 2.24) is 9.88 Å². The molecule has 2 fully saturated rings.